The summed E-state index contributed by atoms with van der Waals surface area (Å²) in [6.45, 7) is 9.93. The molecular weight excluding hydrogens is 270 g/mol. The molecule has 1 aliphatic rings. The highest BCUT2D eigenvalue weighted by Crippen LogP contribution is 2.38. The van der Waals surface area contributed by atoms with Gasteiger partial charge in [-0.05, 0) is 38.0 Å². The van der Waals surface area contributed by atoms with Crippen molar-refractivity contribution in [2.75, 3.05) is 32.2 Å². The summed E-state index contributed by atoms with van der Waals surface area (Å²) < 4.78 is 22.5. The fraction of sp³-hybridized carbons (Fsp3) is 0.500. The van der Waals surface area contributed by atoms with Crippen LogP contribution in [0, 0.1) is 0 Å². The molecule has 0 bridgehead atoms. The number of benzene rings is 1. The van der Waals surface area contributed by atoms with Crippen molar-refractivity contribution in [2.24, 2.45) is 0 Å². The number of nitrogens with two attached hydrogens (primary N) is 1. The zero-order valence-corrected chi connectivity index (χ0v) is 12.7. The van der Waals surface area contributed by atoms with Gasteiger partial charge < -0.3 is 24.7 Å². The van der Waals surface area contributed by atoms with Crippen LogP contribution in [0.4, 0.5) is 5.69 Å². The van der Waals surface area contributed by atoms with Gasteiger partial charge >= 0.3 is 0 Å². The minimum absolute atomic E-state index is 0.393. The molecule has 0 atom stereocenters. The minimum atomic E-state index is -0.393. The lowest BCUT2D eigenvalue weighted by Crippen LogP contribution is -2.18. The van der Waals surface area contributed by atoms with Crippen LogP contribution in [-0.2, 0) is 9.47 Å². The lowest BCUT2D eigenvalue weighted by atomic mass is 10.1. The van der Waals surface area contributed by atoms with E-state index in [2.05, 4.69) is 6.58 Å². The second kappa shape index (κ2) is 7.33. The normalized spacial score (nSPS) is 15.7. The van der Waals surface area contributed by atoms with Crippen LogP contribution >= 0.6 is 0 Å². The van der Waals surface area contributed by atoms with Gasteiger partial charge in [0.25, 0.3) is 0 Å². The van der Waals surface area contributed by atoms with E-state index in [0.717, 1.165) is 17.6 Å². The number of rotatable bonds is 6. The van der Waals surface area contributed by atoms with Gasteiger partial charge in [-0.2, -0.15) is 0 Å². The quantitative estimate of drug-likeness (QED) is 0.645. The van der Waals surface area contributed by atoms with E-state index in [1.165, 1.54) is 0 Å². The number of nitrogen functional groups attached to an aromatic ring is 1. The third kappa shape index (κ3) is 4.12. The van der Waals surface area contributed by atoms with E-state index >= 15 is 0 Å². The molecule has 1 fully saturated rings. The fourth-order valence-corrected chi connectivity index (χ4v) is 2.07. The molecule has 1 aromatic carbocycles. The van der Waals surface area contributed by atoms with Crippen LogP contribution in [0.1, 0.15) is 32.1 Å². The van der Waals surface area contributed by atoms with Crippen molar-refractivity contribution >= 4 is 5.69 Å². The van der Waals surface area contributed by atoms with Crippen LogP contribution < -0.4 is 15.2 Å². The van der Waals surface area contributed by atoms with Crippen LogP contribution in [0.15, 0.2) is 24.3 Å². The van der Waals surface area contributed by atoms with E-state index in [-0.39, 0.29) is 0 Å². The molecule has 0 spiro atoms. The molecule has 1 aromatic rings. The molecule has 2 rings (SSSR count). The highest BCUT2D eigenvalue weighted by Gasteiger charge is 2.21. The molecule has 1 heterocycles. The van der Waals surface area contributed by atoms with Gasteiger partial charge in [0, 0.05) is 5.56 Å². The number of hydrogen-bond acceptors (Lipinski definition) is 5. The van der Waals surface area contributed by atoms with Crippen molar-refractivity contribution in [2.45, 2.75) is 26.6 Å². The van der Waals surface area contributed by atoms with E-state index in [4.69, 9.17) is 24.7 Å². The summed E-state index contributed by atoms with van der Waals surface area (Å²) in [4.78, 5) is 0. The number of ether oxygens (including phenoxy) is 4. The minimum Gasteiger partial charge on any atom is -0.490 e. The highest BCUT2D eigenvalue weighted by molar-refractivity contribution is 5.62. The van der Waals surface area contributed by atoms with E-state index in [1.807, 2.05) is 26.0 Å². The molecule has 0 amide bonds. The van der Waals surface area contributed by atoms with Crippen molar-refractivity contribution in [3.63, 3.8) is 0 Å². The predicted molar refractivity (Wildman–Crippen MR) is 81.6 cm³/mol. The van der Waals surface area contributed by atoms with Crippen LogP contribution in [0.2, 0.25) is 0 Å². The maximum Gasteiger partial charge on any atom is 0.184 e. The van der Waals surface area contributed by atoms with Gasteiger partial charge in [-0.1, -0.05) is 6.58 Å². The Morgan fingerprint density at radius 3 is 2.67 bits per heavy atom. The maximum atomic E-state index is 6.10. The van der Waals surface area contributed by atoms with Crippen LogP contribution in [0.25, 0.3) is 0 Å². The first kappa shape index (κ1) is 15.7. The van der Waals surface area contributed by atoms with Crippen LogP contribution in [-0.4, -0.2) is 26.4 Å². The van der Waals surface area contributed by atoms with Gasteiger partial charge in [-0.25, -0.2) is 0 Å². The van der Waals surface area contributed by atoms with E-state index in [0.29, 0.717) is 43.6 Å². The lowest BCUT2D eigenvalue weighted by Gasteiger charge is -2.25. The molecule has 116 valence electrons. The zero-order valence-electron chi connectivity index (χ0n) is 12.7. The lowest BCUT2D eigenvalue weighted by molar-refractivity contribution is -0.183. The van der Waals surface area contributed by atoms with Gasteiger partial charge in [0.05, 0.1) is 25.5 Å². The Morgan fingerprint density at radius 1 is 1.33 bits per heavy atom. The molecule has 21 heavy (non-hydrogen) atoms. The smallest absolute Gasteiger partial charge is 0.184 e. The van der Waals surface area contributed by atoms with E-state index < -0.39 is 6.29 Å². The molecule has 0 radical (unpaired) electrons. The Kier molecular flexibility index (Phi) is 5.47. The molecule has 0 unspecified atom stereocenters. The molecule has 0 aliphatic carbocycles. The average molecular weight is 293 g/mol. The average Bonchev–Trinajstić information content (AvgIpc) is 2.47. The van der Waals surface area contributed by atoms with E-state index in [1.54, 1.807) is 0 Å². The zero-order chi connectivity index (χ0) is 15.2. The predicted octanol–water partition coefficient (Wildman–Crippen LogP) is 3.06. The molecule has 0 aromatic heterocycles. The summed E-state index contributed by atoms with van der Waals surface area (Å²) in [6.07, 6.45) is 0.514. The molecule has 2 N–H and O–H groups in total. The van der Waals surface area contributed by atoms with Crippen LogP contribution in [0.5, 0.6) is 11.5 Å². The summed E-state index contributed by atoms with van der Waals surface area (Å²) in [5.41, 5.74) is 8.37. The Morgan fingerprint density at radius 2 is 2.05 bits per heavy atom. The highest BCUT2D eigenvalue weighted by atomic mass is 16.7. The van der Waals surface area contributed by atoms with Crippen molar-refractivity contribution in [1.82, 2.24) is 0 Å². The van der Waals surface area contributed by atoms with Gasteiger partial charge in [0.2, 0.25) is 0 Å². The standard InChI is InChI=1S/C16H23NO4/c1-4-18-14-9-12(16-19-6-5-7-20-16)8-13(17)15(14)21-10-11(2)3/h8-9,16H,2,4-7,10,17H2,1,3H3. The van der Waals surface area contributed by atoms with E-state index in [9.17, 15) is 0 Å². The second-order valence-electron chi connectivity index (χ2n) is 5.04. The van der Waals surface area contributed by atoms with Gasteiger partial charge in [-0.15, -0.1) is 0 Å². The van der Waals surface area contributed by atoms with Gasteiger partial charge in [0.1, 0.15) is 6.61 Å². The first-order valence-electron chi connectivity index (χ1n) is 7.18. The Hall–Kier alpha value is -1.72. The SMILES string of the molecule is C=C(C)COc1c(N)cc(C2OCCCO2)cc1OCC. The Balaban J connectivity index is 2.26. The fourth-order valence-electron chi connectivity index (χ4n) is 2.07. The van der Waals surface area contributed by atoms with Crippen molar-refractivity contribution in [3.8, 4) is 11.5 Å². The van der Waals surface area contributed by atoms with Crippen LogP contribution in [0.3, 0.4) is 0 Å². The monoisotopic (exact) mass is 293 g/mol. The molecule has 0 saturated carbocycles. The third-order valence-electron chi connectivity index (χ3n) is 2.97. The first-order valence-corrected chi connectivity index (χ1v) is 7.18. The molecular formula is C16H23NO4. The summed E-state index contributed by atoms with van der Waals surface area (Å²) in [5.74, 6) is 1.14. The molecule has 5 nitrogen and oxygen atoms in total. The summed E-state index contributed by atoms with van der Waals surface area (Å²) in [7, 11) is 0. The molecule has 1 saturated heterocycles. The largest absolute Gasteiger partial charge is 0.490 e. The Labute approximate surface area is 125 Å². The summed E-state index contributed by atoms with van der Waals surface area (Å²) >= 11 is 0. The topological polar surface area (TPSA) is 62.9 Å². The van der Waals surface area contributed by atoms with Crippen molar-refractivity contribution in [3.05, 3.63) is 29.8 Å². The Bertz CT molecular complexity index is 495. The van der Waals surface area contributed by atoms with Gasteiger partial charge in [0.15, 0.2) is 17.8 Å². The van der Waals surface area contributed by atoms with Crippen molar-refractivity contribution in [1.29, 1.82) is 0 Å². The van der Waals surface area contributed by atoms with Crippen molar-refractivity contribution < 1.29 is 18.9 Å². The third-order valence-corrected chi connectivity index (χ3v) is 2.97. The maximum absolute atomic E-state index is 6.10. The summed E-state index contributed by atoms with van der Waals surface area (Å²) in [6, 6.07) is 3.68. The first-order chi connectivity index (χ1) is 10.1. The molecule has 1 aliphatic heterocycles. The summed E-state index contributed by atoms with van der Waals surface area (Å²) in [5, 5.41) is 0. The number of hydrogen-bond donors (Lipinski definition) is 1. The number of anilines is 1. The molecule has 5 heteroatoms. The second-order valence-corrected chi connectivity index (χ2v) is 5.04. The van der Waals surface area contributed by atoms with Gasteiger partial charge in [-0.3, -0.25) is 0 Å².